The molecule has 4 nitrogen and oxygen atoms in total. The predicted octanol–water partition coefficient (Wildman–Crippen LogP) is 0.929. The molecule has 0 bridgehead atoms. The van der Waals surface area contributed by atoms with E-state index in [9.17, 15) is 9.59 Å². The summed E-state index contributed by atoms with van der Waals surface area (Å²) in [5.74, 6) is -1.16. The molecule has 0 unspecified atom stereocenters. The molecule has 0 saturated carbocycles. The zero-order valence-electron chi connectivity index (χ0n) is 9.07. The zero-order chi connectivity index (χ0) is 11.3. The Kier molecular flexibility index (Phi) is 6.65. The molecular formula is C11H13CuNO3. The molecule has 0 spiro atoms. The third kappa shape index (κ3) is 5.07. The van der Waals surface area contributed by atoms with Crippen LogP contribution < -0.4 is 0 Å². The van der Waals surface area contributed by atoms with Gasteiger partial charge in [-0.05, 0) is 26.2 Å². The van der Waals surface area contributed by atoms with Crippen LogP contribution in [0.25, 0.3) is 0 Å². The molecule has 0 aliphatic heterocycles. The molecule has 16 heavy (non-hydrogen) atoms. The molecular weight excluding hydrogens is 258 g/mol. The van der Waals surface area contributed by atoms with E-state index in [1.807, 2.05) is 0 Å². The van der Waals surface area contributed by atoms with Gasteiger partial charge in [-0.2, -0.15) is 0 Å². The molecule has 0 saturated heterocycles. The van der Waals surface area contributed by atoms with Crippen LogP contribution in [0.1, 0.15) is 10.4 Å². The molecule has 0 amide bonds. The van der Waals surface area contributed by atoms with Crippen molar-refractivity contribution in [1.82, 2.24) is 4.90 Å². The van der Waals surface area contributed by atoms with Crippen LogP contribution in [0.15, 0.2) is 30.3 Å². The van der Waals surface area contributed by atoms with E-state index in [4.69, 9.17) is 0 Å². The second kappa shape index (κ2) is 7.17. The number of hydrogen-bond donors (Lipinski definition) is 0. The van der Waals surface area contributed by atoms with Crippen molar-refractivity contribution in [3.63, 3.8) is 0 Å². The second-order valence-electron chi connectivity index (χ2n) is 3.37. The number of rotatable bonds is 3. The van der Waals surface area contributed by atoms with Gasteiger partial charge in [0.05, 0.1) is 12.1 Å². The Morgan fingerprint density at radius 1 is 1.19 bits per heavy atom. The summed E-state index contributed by atoms with van der Waals surface area (Å²) in [6.45, 7) is 0.0958. The summed E-state index contributed by atoms with van der Waals surface area (Å²) in [6.07, 6.45) is 0. The topological polar surface area (TPSA) is 46.6 Å². The normalized spacial score (nSPS) is 9.44. The number of benzene rings is 1. The molecule has 0 heterocycles. The first kappa shape index (κ1) is 14.8. The van der Waals surface area contributed by atoms with Crippen LogP contribution in [0.3, 0.4) is 0 Å². The number of ether oxygens (including phenoxy) is 1. The van der Waals surface area contributed by atoms with Gasteiger partial charge in [-0.3, -0.25) is 9.69 Å². The molecule has 0 atom stereocenters. The Morgan fingerprint density at radius 3 is 2.25 bits per heavy atom. The van der Waals surface area contributed by atoms with Crippen molar-refractivity contribution in [3.05, 3.63) is 35.9 Å². The number of hydrogen-bond acceptors (Lipinski definition) is 4. The third-order valence-electron chi connectivity index (χ3n) is 1.66. The maximum atomic E-state index is 11.4. The van der Waals surface area contributed by atoms with Crippen molar-refractivity contribution in [3.8, 4) is 0 Å². The monoisotopic (exact) mass is 270 g/mol. The number of carbonyl (C=O) groups excluding carboxylic acids is 2. The summed E-state index contributed by atoms with van der Waals surface area (Å²) >= 11 is 0. The van der Waals surface area contributed by atoms with E-state index in [1.165, 1.54) is 0 Å². The Hall–Kier alpha value is -1.16. The van der Waals surface area contributed by atoms with E-state index in [0.717, 1.165) is 0 Å². The molecule has 1 radical (unpaired) electrons. The van der Waals surface area contributed by atoms with Crippen molar-refractivity contribution >= 4 is 11.9 Å². The Labute approximate surface area is 105 Å². The van der Waals surface area contributed by atoms with Gasteiger partial charge in [-0.1, -0.05) is 18.2 Å². The SMILES string of the molecule is CN(C)CC(=O)OC(=O)c1ccccc1.[Cu]. The van der Waals surface area contributed by atoms with Crippen molar-refractivity contribution in [2.45, 2.75) is 0 Å². The van der Waals surface area contributed by atoms with Crippen LogP contribution in [0.2, 0.25) is 0 Å². The summed E-state index contributed by atoms with van der Waals surface area (Å²) in [7, 11) is 3.46. The molecule has 0 N–H and O–H groups in total. The number of carbonyl (C=O) groups is 2. The molecule has 1 rings (SSSR count). The predicted molar refractivity (Wildman–Crippen MR) is 55.4 cm³/mol. The van der Waals surface area contributed by atoms with Gasteiger partial charge >= 0.3 is 11.9 Å². The van der Waals surface area contributed by atoms with Gasteiger partial charge in [0.2, 0.25) is 0 Å². The molecule has 0 aliphatic carbocycles. The van der Waals surface area contributed by atoms with E-state index < -0.39 is 11.9 Å². The molecule has 5 heteroatoms. The van der Waals surface area contributed by atoms with E-state index in [-0.39, 0.29) is 23.6 Å². The maximum absolute atomic E-state index is 11.4. The largest absolute Gasteiger partial charge is 0.388 e. The van der Waals surface area contributed by atoms with Gasteiger partial charge in [0.1, 0.15) is 0 Å². The molecule has 0 aromatic heterocycles. The first-order valence-corrected chi connectivity index (χ1v) is 4.54. The number of esters is 2. The van der Waals surface area contributed by atoms with Crippen LogP contribution in [0, 0.1) is 0 Å². The number of likely N-dealkylation sites (N-methyl/N-ethyl adjacent to an activating group) is 1. The fraction of sp³-hybridized carbons (Fsp3) is 0.273. The maximum Gasteiger partial charge on any atom is 0.345 e. The standard InChI is InChI=1S/C11H13NO3.Cu/c1-12(2)8-10(13)15-11(14)9-6-4-3-5-7-9;/h3-7H,8H2,1-2H3;. The Balaban J connectivity index is 0.00000225. The van der Waals surface area contributed by atoms with Crippen LogP contribution in [0.4, 0.5) is 0 Å². The summed E-state index contributed by atoms with van der Waals surface area (Å²) in [4.78, 5) is 24.2. The van der Waals surface area contributed by atoms with Crippen LogP contribution in [-0.4, -0.2) is 37.5 Å². The fourth-order valence-electron chi connectivity index (χ4n) is 1.03. The summed E-state index contributed by atoms with van der Waals surface area (Å²) < 4.78 is 4.63. The van der Waals surface area contributed by atoms with E-state index >= 15 is 0 Å². The quantitative estimate of drug-likeness (QED) is 0.466. The van der Waals surface area contributed by atoms with Crippen molar-refractivity contribution in [2.24, 2.45) is 0 Å². The van der Waals surface area contributed by atoms with Crippen LogP contribution in [-0.2, 0) is 26.6 Å². The third-order valence-corrected chi connectivity index (χ3v) is 1.66. The van der Waals surface area contributed by atoms with Gasteiger partial charge in [-0.25, -0.2) is 4.79 Å². The zero-order valence-corrected chi connectivity index (χ0v) is 10.0. The molecule has 0 aliphatic rings. The van der Waals surface area contributed by atoms with E-state index in [1.54, 1.807) is 49.3 Å². The van der Waals surface area contributed by atoms with Crippen molar-refractivity contribution in [2.75, 3.05) is 20.6 Å². The van der Waals surface area contributed by atoms with Gasteiger partial charge in [0.25, 0.3) is 0 Å². The van der Waals surface area contributed by atoms with Gasteiger partial charge in [0, 0.05) is 17.1 Å². The van der Waals surface area contributed by atoms with Crippen molar-refractivity contribution in [1.29, 1.82) is 0 Å². The van der Waals surface area contributed by atoms with Crippen molar-refractivity contribution < 1.29 is 31.4 Å². The van der Waals surface area contributed by atoms with Gasteiger partial charge in [-0.15, -0.1) is 0 Å². The van der Waals surface area contributed by atoms with Crippen LogP contribution in [0.5, 0.6) is 0 Å². The molecule has 1 aromatic rings. The second-order valence-corrected chi connectivity index (χ2v) is 3.37. The average molecular weight is 271 g/mol. The fourth-order valence-corrected chi connectivity index (χ4v) is 1.03. The average Bonchev–Trinajstić information content (AvgIpc) is 2.17. The van der Waals surface area contributed by atoms with E-state index in [2.05, 4.69) is 4.74 Å². The molecule has 91 valence electrons. The minimum Gasteiger partial charge on any atom is -0.388 e. The smallest absolute Gasteiger partial charge is 0.345 e. The summed E-state index contributed by atoms with van der Waals surface area (Å²) in [5.41, 5.74) is 0.379. The minimum absolute atomic E-state index is 0. The van der Waals surface area contributed by atoms with E-state index in [0.29, 0.717) is 5.56 Å². The number of nitrogens with zero attached hydrogens (tertiary/aromatic N) is 1. The van der Waals surface area contributed by atoms with Gasteiger partial charge in [0.15, 0.2) is 0 Å². The summed E-state index contributed by atoms with van der Waals surface area (Å²) in [6, 6.07) is 8.43. The Bertz CT molecular complexity index is 352. The first-order chi connectivity index (χ1) is 7.09. The van der Waals surface area contributed by atoms with Crippen LogP contribution >= 0.6 is 0 Å². The summed E-state index contributed by atoms with van der Waals surface area (Å²) in [5, 5.41) is 0. The molecule has 1 aromatic carbocycles. The minimum atomic E-state index is -0.609. The van der Waals surface area contributed by atoms with Gasteiger partial charge < -0.3 is 4.74 Å². The Morgan fingerprint density at radius 2 is 1.75 bits per heavy atom. The first-order valence-electron chi connectivity index (χ1n) is 4.54. The molecule has 0 fully saturated rings.